The lowest BCUT2D eigenvalue weighted by atomic mass is 9.92. The molecule has 9 nitrogen and oxygen atoms in total. The number of carbonyl (C=O) groups is 1. The van der Waals surface area contributed by atoms with Crippen molar-refractivity contribution in [2.75, 3.05) is 6.61 Å². The van der Waals surface area contributed by atoms with Crippen LogP contribution < -0.4 is 5.32 Å². The third kappa shape index (κ3) is 3.86. The summed E-state index contributed by atoms with van der Waals surface area (Å²) in [4.78, 5) is 13.4. The highest BCUT2D eigenvalue weighted by molar-refractivity contribution is 7.90. The van der Waals surface area contributed by atoms with E-state index in [-0.39, 0.29) is 23.5 Å². The number of aromatic nitrogens is 2. The summed E-state index contributed by atoms with van der Waals surface area (Å²) in [5.41, 5.74) is 1.43. The van der Waals surface area contributed by atoms with Gasteiger partial charge in [-0.25, -0.2) is 22.0 Å². The highest BCUT2D eigenvalue weighted by Gasteiger charge is 2.41. The molecule has 5 rings (SSSR count). The fourth-order valence-corrected chi connectivity index (χ4v) is 5.99. The molecule has 172 valence electrons. The minimum absolute atomic E-state index is 0.0338. The highest BCUT2D eigenvalue weighted by atomic mass is 32.2. The molecule has 2 N–H and O–H groups in total. The number of halogens is 2. The summed E-state index contributed by atoms with van der Waals surface area (Å²) in [6, 6.07) is 2.01. The number of rotatable bonds is 5. The van der Waals surface area contributed by atoms with Crippen LogP contribution in [0.4, 0.5) is 13.6 Å². The molecule has 3 atom stereocenters. The van der Waals surface area contributed by atoms with E-state index in [4.69, 9.17) is 4.74 Å². The van der Waals surface area contributed by atoms with Gasteiger partial charge in [0, 0.05) is 36.5 Å². The molecular weight excluding hydrogens is 446 g/mol. The number of benzene rings is 1. The number of nitrogens with zero attached hydrogens (tertiary/aromatic N) is 3. The van der Waals surface area contributed by atoms with Crippen molar-refractivity contribution in [1.82, 2.24) is 19.4 Å². The van der Waals surface area contributed by atoms with E-state index in [1.54, 1.807) is 6.20 Å². The Hall–Kier alpha value is -2.57. The Bertz CT molecular complexity index is 1140. The first-order chi connectivity index (χ1) is 15.2. The van der Waals surface area contributed by atoms with Gasteiger partial charge in [0.2, 0.25) is 0 Å². The number of nitrogens with one attached hydrogen (secondary N) is 1. The fourth-order valence-electron chi connectivity index (χ4n) is 4.46. The third-order valence-electron chi connectivity index (χ3n) is 6.24. The number of carboxylic acid groups (broad SMARTS) is 1. The minimum Gasteiger partial charge on any atom is -0.465 e. The van der Waals surface area contributed by atoms with Crippen molar-refractivity contribution in [1.29, 1.82) is 0 Å². The molecule has 1 amide bonds. The number of hydrogen-bond donors (Lipinski definition) is 2. The molecule has 1 aromatic carbocycles. The van der Waals surface area contributed by atoms with Gasteiger partial charge in [0.1, 0.15) is 17.7 Å². The highest BCUT2D eigenvalue weighted by Crippen LogP contribution is 2.36. The maximum Gasteiger partial charge on any atom is 0.404 e. The predicted molar refractivity (Wildman–Crippen MR) is 107 cm³/mol. The molecule has 0 radical (unpaired) electrons. The number of amides is 1. The van der Waals surface area contributed by atoms with Crippen molar-refractivity contribution >= 4 is 16.1 Å². The molecule has 1 aliphatic carbocycles. The smallest absolute Gasteiger partial charge is 0.404 e. The molecule has 12 heteroatoms. The Kier molecular flexibility index (Phi) is 5.18. The van der Waals surface area contributed by atoms with Crippen molar-refractivity contribution in [3.8, 4) is 0 Å². The molecule has 3 heterocycles. The molecule has 0 bridgehead atoms. The molecule has 1 saturated heterocycles. The second-order valence-corrected chi connectivity index (χ2v) is 10.6. The average molecular weight is 468 g/mol. The van der Waals surface area contributed by atoms with Crippen LogP contribution in [0.25, 0.3) is 0 Å². The zero-order valence-electron chi connectivity index (χ0n) is 16.9. The van der Waals surface area contributed by atoms with Crippen LogP contribution in [0.3, 0.4) is 0 Å². The normalized spacial score (nSPS) is 26.1. The van der Waals surface area contributed by atoms with Crippen LogP contribution in [0, 0.1) is 11.6 Å². The topological polar surface area (TPSA) is 114 Å². The van der Waals surface area contributed by atoms with Gasteiger partial charge in [-0.3, -0.25) is 4.90 Å². The van der Waals surface area contributed by atoms with Gasteiger partial charge in [0.25, 0.3) is 10.0 Å². The van der Waals surface area contributed by atoms with Crippen molar-refractivity contribution < 1.29 is 31.8 Å². The van der Waals surface area contributed by atoms with E-state index in [2.05, 4.69) is 10.4 Å². The van der Waals surface area contributed by atoms with Gasteiger partial charge in [-0.2, -0.15) is 9.19 Å². The average Bonchev–Trinajstić information content (AvgIpc) is 3.40. The Balaban J connectivity index is 1.31. The van der Waals surface area contributed by atoms with Gasteiger partial charge in [-0.05, 0) is 37.5 Å². The Morgan fingerprint density at radius 1 is 1.25 bits per heavy atom. The standard InChI is InChI=1S/C20H22F2N4O5S/c21-12-1-4-16(22)15(5-12)19-17(23-20(27)28)6-13(10-31-19)25-7-11-8-26(24-18(11)9-25)32(29,30)14-2-3-14/h1,4-5,8,13-14,17,19,23H,2-3,6-7,9-10H2,(H,27,28)/t13-,17+,19+/m1/s1. The zero-order chi connectivity index (χ0) is 22.6. The summed E-state index contributed by atoms with van der Waals surface area (Å²) in [7, 11) is -3.43. The predicted octanol–water partition coefficient (Wildman–Crippen LogP) is 1.98. The first kappa shape index (κ1) is 21.3. The molecule has 2 aliphatic heterocycles. The number of hydrogen-bond acceptors (Lipinski definition) is 6. The summed E-state index contributed by atoms with van der Waals surface area (Å²) in [5.74, 6) is -1.30. The fraction of sp³-hybridized carbons (Fsp3) is 0.500. The summed E-state index contributed by atoms with van der Waals surface area (Å²) in [6.07, 6.45) is 0.929. The minimum atomic E-state index is -3.43. The van der Waals surface area contributed by atoms with Gasteiger partial charge in [0.05, 0.1) is 23.6 Å². The lowest BCUT2D eigenvalue weighted by Gasteiger charge is -2.40. The first-order valence-electron chi connectivity index (χ1n) is 10.3. The zero-order valence-corrected chi connectivity index (χ0v) is 17.8. The molecule has 1 aromatic heterocycles. The third-order valence-corrected chi connectivity index (χ3v) is 8.26. The van der Waals surface area contributed by atoms with Crippen molar-refractivity contribution in [2.45, 2.75) is 55.8 Å². The molecule has 3 aliphatic rings. The van der Waals surface area contributed by atoms with E-state index in [0.717, 1.165) is 27.8 Å². The summed E-state index contributed by atoms with van der Waals surface area (Å²) >= 11 is 0. The molecule has 32 heavy (non-hydrogen) atoms. The largest absolute Gasteiger partial charge is 0.465 e. The van der Waals surface area contributed by atoms with Gasteiger partial charge < -0.3 is 15.2 Å². The molecule has 0 spiro atoms. The van der Waals surface area contributed by atoms with Crippen LogP contribution in [0.2, 0.25) is 0 Å². The van der Waals surface area contributed by atoms with Crippen molar-refractivity contribution in [2.24, 2.45) is 0 Å². The van der Waals surface area contributed by atoms with E-state index in [0.29, 0.717) is 38.0 Å². The van der Waals surface area contributed by atoms with E-state index in [1.807, 2.05) is 4.90 Å². The molecule has 2 fully saturated rings. The lowest BCUT2D eigenvalue weighted by molar-refractivity contribution is -0.0602. The Morgan fingerprint density at radius 2 is 2.03 bits per heavy atom. The van der Waals surface area contributed by atoms with Crippen LogP contribution >= 0.6 is 0 Å². The number of ether oxygens (including phenoxy) is 1. The molecular formula is C20H22F2N4O5S. The monoisotopic (exact) mass is 468 g/mol. The maximum absolute atomic E-state index is 14.3. The van der Waals surface area contributed by atoms with Gasteiger partial charge in [-0.15, -0.1) is 0 Å². The van der Waals surface area contributed by atoms with Gasteiger partial charge in [0.15, 0.2) is 0 Å². The van der Waals surface area contributed by atoms with Crippen LogP contribution in [0.1, 0.15) is 42.2 Å². The second kappa shape index (κ2) is 7.78. The van der Waals surface area contributed by atoms with Crippen LogP contribution in [0.15, 0.2) is 24.4 Å². The van der Waals surface area contributed by atoms with Crippen LogP contribution in [0.5, 0.6) is 0 Å². The van der Waals surface area contributed by atoms with Gasteiger partial charge >= 0.3 is 6.09 Å². The van der Waals surface area contributed by atoms with E-state index >= 15 is 0 Å². The van der Waals surface area contributed by atoms with Crippen LogP contribution in [-0.4, -0.2) is 57.6 Å². The Morgan fingerprint density at radius 3 is 2.72 bits per heavy atom. The first-order valence-corrected chi connectivity index (χ1v) is 11.8. The Labute approximate surface area is 183 Å². The SMILES string of the molecule is O=C(O)N[C@H]1C[C@@H](N2Cc3cn(S(=O)(=O)C4CC4)nc3C2)CO[C@H]1c1cc(F)ccc1F. The van der Waals surface area contributed by atoms with E-state index < -0.39 is 39.9 Å². The summed E-state index contributed by atoms with van der Waals surface area (Å²) in [6.45, 7) is 1.03. The van der Waals surface area contributed by atoms with E-state index in [1.165, 1.54) is 0 Å². The maximum atomic E-state index is 14.3. The van der Waals surface area contributed by atoms with Crippen molar-refractivity contribution in [3.05, 3.63) is 52.9 Å². The molecule has 1 saturated carbocycles. The number of fused-ring (bicyclic) bond motifs is 1. The molecule has 0 unspecified atom stereocenters. The molecule has 2 aromatic rings. The quantitative estimate of drug-likeness (QED) is 0.690. The summed E-state index contributed by atoms with van der Waals surface area (Å²) < 4.78 is 59.7. The van der Waals surface area contributed by atoms with Crippen molar-refractivity contribution in [3.63, 3.8) is 0 Å². The van der Waals surface area contributed by atoms with E-state index in [9.17, 15) is 27.1 Å². The lowest BCUT2D eigenvalue weighted by Crippen LogP contribution is -2.51. The second-order valence-electron chi connectivity index (χ2n) is 8.49. The summed E-state index contributed by atoms with van der Waals surface area (Å²) in [5, 5.41) is 15.5. The van der Waals surface area contributed by atoms with Crippen LogP contribution in [-0.2, 0) is 27.8 Å². The van der Waals surface area contributed by atoms with Gasteiger partial charge in [-0.1, -0.05) is 0 Å².